The van der Waals surface area contributed by atoms with E-state index in [4.69, 9.17) is 4.74 Å². The minimum absolute atomic E-state index is 0.0567. The number of nitrogens with zero attached hydrogens (tertiary/aromatic N) is 3. The third-order valence-electron chi connectivity index (χ3n) is 4.84. The minimum atomic E-state index is -2.91. The molecular formula is C19H37N5O4S. The minimum Gasteiger partial charge on any atom is -0.444 e. The predicted octanol–water partition coefficient (Wildman–Crippen LogP) is 0.671. The number of carbonyl (C=O) groups is 1. The smallest absolute Gasteiger partial charge is 0.410 e. The van der Waals surface area contributed by atoms with E-state index in [0.29, 0.717) is 32.0 Å². The average Bonchev–Trinajstić information content (AvgIpc) is 2.96. The van der Waals surface area contributed by atoms with Crippen LogP contribution >= 0.6 is 0 Å². The average molecular weight is 432 g/mol. The van der Waals surface area contributed by atoms with Crippen molar-refractivity contribution in [2.75, 3.05) is 57.3 Å². The number of aliphatic imine (C=N–C) groups is 1. The Kier molecular flexibility index (Phi) is 8.57. The van der Waals surface area contributed by atoms with E-state index >= 15 is 0 Å². The van der Waals surface area contributed by atoms with Gasteiger partial charge in [0.2, 0.25) is 0 Å². The van der Waals surface area contributed by atoms with Gasteiger partial charge < -0.3 is 20.3 Å². The van der Waals surface area contributed by atoms with Gasteiger partial charge in [0, 0.05) is 51.9 Å². The van der Waals surface area contributed by atoms with Crippen LogP contribution in [0.2, 0.25) is 0 Å². The Bertz CT molecular complexity index is 667. The molecule has 9 nitrogen and oxygen atoms in total. The highest BCUT2D eigenvalue weighted by atomic mass is 32.2. The van der Waals surface area contributed by atoms with Crippen molar-refractivity contribution in [3.8, 4) is 0 Å². The first-order valence-electron chi connectivity index (χ1n) is 10.5. The Morgan fingerprint density at radius 3 is 2.45 bits per heavy atom. The fraction of sp³-hybridized carbons (Fsp3) is 0.895. The molecule has 2 aliphatic heterocycles. The molecule has 0 spiro atoms. The van der Waals surface area contributed by atoms with Crippen LogP contribution in [0.3, 0.4) is 0 Å². The lowest BCUT2D eigenvalue weighted by atomic mass is 10.2. The summed E-state index contributed by atoms with van der Waals surface area (Å²) < 4.78 is 28.6. The van der Waals surface area contributed by atoms with E-state index in [9.17, 15) is 13.2 Å². The van der Waals surface area contributed by atoms with Crippen molar-refractivity contribution in [1.82, 2.24) is 20.4 Å². The van der Waals surface area contributed by atoms with E-state index in [0.717, 1.165) is 32.6 Å². The summed E-state index contributed by atoms with van der Waals surface area (Å²) in [6, 6.07) is -0.0567. The van der Waals surface area contributed by atoms with Crippen molar-refractivity contribution in [1.29, 1.82) is 0 Å². The second-order valence-electron chi connectivity index (χ2n) is 8.67. The Balaban J connectivity index is 1.68. The summed E-state index contributed by atoms with van der Waals surface area (Å²) in [6.07, 6.45) is 1.30. The zero-order chi connectivity index (χ0) is 21.5. The van der Waals surface area contributed by atoms with E-state index in [-0.39, 0.29) is 23.6 Å². The van der Waals surface area contributed by atoms with Gasteiger partial charge in [0.15, 0.2) is 15.8 Å². The van der Waals surface area contributed by atoms with Gasteiger partial charge in [0.1, 0.15) is 5.60 Å². The summed E-state index contributed by atoms with van der Waals surface area (Å²) in [5.41, 5.74) is -0.465. The highest BCUT2D eigenvalue weighted by Gasteiger charge is 2.28. The molecule has 1 atom stereocenters. The summed E-state index contributed by atoms with van der Waals surface area (Å²) in [6.45, 7) is 13.0. The predicted molar refractivity (Wildman–Crippen MR) is 115 cm³/mol. The van der Waals surface area contributed by atoms with Crippen LogP contribution in [0.4, 0.5) is 4.79 Å². The summed E-state index contributed by atoms with van der Waals surface area (Å²) in [7, 11) is -2.91. The molecule has 0 radical (unpaired) electrons. The number of rotatable bonds is 6. The molecule has 2 rings (SSSR count). The van der Waals surface area contributed by atoms with Gasteiger partial charge >= 0.3 is 6.09 Å². The monoisotopic (exact) mass is 431 g/mol. The van der Waals surface area contributed by atoms with Crippen LogP contribution in [0.25, 0.3) is 0 Å². The zero-order valence-corrected chi connectivity index (χ0v) is 19.1. The van der Waals surface area contributed by atoms with E-state index in [1.165, 1.54) is 0 Å². The Hall–Kier alpha value is -1.55. The maximum absolute atomic E-state index is 12.1. The summed E-state index contributed by atoms with van der Waals surface area (Å²) in [5.74, 6) is 1.11. The maximum atomic E-state index is 12.1. The van der Waals surface area contributed by atoms with Gasteiger partial charge in [-0.3, -0.25) is 9.89 Å². The van der Waals surface area contributed by atoms with E-state index in [2.05, 4.69) is 20.5 Å². The number of ether oxygens (including phenoxy) is 1. The first kappa shape index (κ1) is 23.7. The van der Waals surface area contributed by atoms with Gasteiger partial charge in [-0.1, -0.05) is 0 Å². The molecule has 10 heteroatoms. The third kappa shape index (κ3) is 8.77. The normalized spacial score (nSPS) is 23.1. The molecule has 0 aliphatic carbocycles. The number of nitrogens with one attached hydrogen (secondary N) is 2. The van der Waals surface area contributed by atoms with Gasteiger partial charge in [-0.25, -0.2) is 13.2 Å². The van der Waals surface area contributed by atoms with Gasteiger partial charge in [-0.2, -0.15) is 0 Å². The molecule has 29 heavy (non-hydrogen) atoms. The molecule has 0 aromatic rings. The molecule has 2 saturated heterocycles. The van der Waals surface area contributed by atoms with Crippen LogP contribution in [0.1, 0.15) is 40.5 Å². The summed E-state index contributed by atoms with van der Waals surface area (Å²) in [5, 5.41) is 6.42. The highest BCUT2D eigenvalue weighted by molar-refractivity contribution is 7.91. The lowest BCUT2D eigenvalue weighted by Gasteiger charge is -2.35. The first-order valence-corrected chi connectivity index (χ1v) is 12.4. The first-order chi connectivity index (χ1) is 13.6. The molecule has 0 saturated carbocycles. The van der Waals surface area contributed by atoms with Crippen molar-refractivity contribution in [2.24, 2.45) is 4.99 Å². The molecule has 168 valence electrons. The Morgan fingerprint density at radius 2 is 1.90 bits per heavy atom. The lowest BCUT2D eigenvalue weighted by Crippen LogP contribution is -2.50. The van der Waals surface area contributed by atoms with E-state index in [1.54, 1.807) is 4.90 Å². The summed E-state index contributed by atoms with van der Waals surface area (Å²) >= 11 is 0. The molecule has 0 aromatic heterocycles. The van der Waals surface area contributed by atoms with E-state index in [1.807, 2.05) is 27.7 Å². The number of amides is 1. The van der Waals surface area contributed by atoms with Crippen molar-refractivity contribution in [3.05, 3.63) is 0 Å². The molecule has 0 aromatic carbocycles. The van der Waals surface area contributed by atoms with Crippen molar-refractivity contribution in [2.45, 2.75) is 52.2 Å². The van der Waals surface area contributed by atoms with Crippen LogP contribution in [0.5, 0.6) is 0 Å². The fourth-order valence-electron chi connectivity index (χ4n) is 3.39. The number of sulfone groups is 1. The van der Waals surface area contributed by atoms with Crippen molar-refractivity contribution in [3.63, 3.8) is 0 Å². The highest BCUT2D eigenvalue weighted by Crippen LogP contribution is 2.12. The molecule has 2 N–H and O–H groups in total. The third-order valence-corrected chi connectivity index (χ3v) is 6.61. The Labute approximate surface area is 175 Å². The van der Waals surface area contributed by atoms with Crippen LogP contribution in [-0.4, -0.2) is 99.2 Å². The van der Waals surface area contributed by atoms with Crippen molar-refractivity contribution >= 4 is 21.9 Å². The largest absolute Gasteiger partial charge is 0.444 e. The maximum Gasteiger partial charge on any atom is 0.410 e. The number of piperazine rings is 1. The number of hydrogen-bond donors (Lipinski definition) is 2. The molecular weight excluding hydrogens is 394 g/mol. The molecule has 2 heterocycles. The Morgan fingerprint density at radius 1 is 1.21 bits per heavy atom. The van der Waals surface area contributed by atoms with Gasteiger partial charge in [0.25, 0.3) is 0 Å². The molecule has 1 unspecified atom stereocenters. The zero-order valence-electron chi connectivity index (χ0n) is 18.2. The van der Waals surface area contributed by atoms with Crippen LogP contribution in [0.15, 0.2) is 4.99 Å². The second-order valence-corrected chi connectivity index (χ2v) is 10.9. The van der Waals surface area contributed by atoms with Gasteiger partial charge in [-0.15, -0.1) is 0 Å². The number of hydrogen-bond acceptors (Lipinski definition) is 6. The van der Waals surface area contributed by atoms with Crippen LogP contribution in [0, 0.1) is 0 Å². The standard InChI is InChI=1S/C19H37N5O4S/c1-5-20-17(22-16-7-14-29(26,27)15-16)21-8-6-9-23-10-12-24(13-11-23)18(25)28-19(2,3)4/h16H,5-15H2,1-4H3,(H2,20,21,22). The quantitative estimate of drug-likeness (QED) is 0.362. The van der Waals surface area contributed by atoms with Crippen molar-refractivity contribution < 1.29 is 17.9 Å². The topological polar surface area (TPSA) is 103 Å². The number of guanidine groups is 1. The molecule has 1 amide bonds. The SMILES string of the molecule is CCNC(=NCCCN1CCN(C(=O)OC(C)(C)C)CC1)NC1CCS(=O)(=O)C1. The number of carbonyl (C=O) groups excluding carboxylic acids is 1. The second kappa shape index (κ2) is 10.5. The molecule has 2 fully saturated rings. The molecule has 2 aliphatic rings. The fourth-order valence-corrected chi connectivity index (χ4v) is 5.06. The van der Waals surface area contributed by atoms with Crippen LogP contribution in [-0.2, 0) is 14.6 Å². The van der Waals surface area contributed by atoms with Gasteiger partial charge in [-0.05, 0) is 40.5 Å². The summed E-state index contributed by atoms with van der Waals surface area (Å²) in [4.78, 5) is 20.8. The van der Waals surface area contributed by atoms with Gasteiger partial charge in [0.05, 0.1) is 11.5 Å². The molecule has 0 bridgehead atoms. The lowest BCUT2D eigenvalue weighted by molar-refractivity contribution is 0.0145. The van der Waals surface area contributed by atoms with Crippen LogP contribution < -0.4 is 10.6 Å². The van der Waals surface area contributed by atoms with E-state index < -0.39 is 15.4 Å².